The van der Waals surface area contributed by atoms with Crippen molar-refractivity contribution in [3.05, 3.63) is 53.6 Å². The second-order valence-corrected chi connectivity index (χ2v) is 6.85. The second kappa shape index (κ2) is 3.64. The highest BCUT2D eigenvalue weighted by Gasteiger charge is 2.65. The maximum atomic E-state index is 12.5. The first-order valence-corrected chi connectivity index (χ1v) is 7.39. The Morgan fingerprint density at radius 3 is 1.37 bits per heavy atom. The van der Waals surface area contributed by atoms with Crippen LogP contribution in [0, 0.1) is 0 Å². The van der Waals surface area contributed by atoms with Gasteiger partial charge >= 0.3 is 10.2 Å². The highest BCUT2D eigenvalue weighted by atomic mass is 35.5. The Hall–Kier alpha value is -1.27. The molecule has 19 heavy (non-hydrogen) atoms. The van der Waals surface area contributed by atoms with Crippen molar-refractivity contribution in [1.82, 2.24) is 0 Å². The lowest BCUT2D eigenvalue weighted by atomic mass is 10.1. The van der Waals surface area contributed by atoms with E-state index in [9.17, 15) is 19.4 Å². The van der Waals surface area contributed by atoms with Gasteiger partial charge in [0.15, 0.2) is 0 Å². The molecular weight excluding hydrogens is 307 g/mol. The van der Waals surface area contributed by atoms with Crippen LogP contribution in [0.25, 0.3) is 11.1 Å². The van der Waals surface area contributed by atoms with Crippen LogP contribution < -0.4 is 0 Å². The van der Waals surface area contributed by atoms with Crippen molar-refractivity contribution in [3.63, 3.8) is 0 Å². The molecule has 0 N–H and O–H groups in total. The summed E-state index contributed by atoms with van der Waals surface area (Å²) in [5.41, 5.74) is 1.00. The van der Waals surface area contributed by atoms with Gasteiger partial charge in [0, 0.05) is 5.02 Å². The summed E-state index contributed by atoms with van der Waals surface area (Å²) in [6.07, 6.45) is 0. The van der Waals surface area contributed by atoms with Crippen LogP contribution in [0.15, 0.2) is 53.4 Å². The third-order valence-electron chi connectivity index (χ3n) is 2.48. The Kier molecular flexibility index (Phi) is 2.71. The number of hydrogen-bond donors (Lipinski definition) is 0. The molecule has 7 heteroatoms. The SMILES string of the molecule is FS(F)(F)(F)(F)c1ccc(-c2ccc(Cl)cc2)cc1. The average Bonchev–Trinajstić information content (AvgIpc) is 2.27. The first-order chi connectivity index (χ1) is 8.45. The molecule has 104 valence electrons. The highest BCUT2D eigenvalue weighted by Crippen LogP contribution is 3.02. The van der Waals surface area contributed by atoms with Crippen LogP contribution in [0.1, 0.15) is 0 Å². The minimum Gasteiger partial charge on any atom is -0.0936 e. The monoisotopic (exact) mass is 314 g/mol. The maximum absolute atomic E-state index is 12.5. The van der Waals surface area contributed by atoms with Crippen LogP contribution in [0.3, 0.4) is 0 Å². The Bertz CT molecular complexity index is 601. The van der Waals surface area contributed by atoms with Crippen molar-refractivity contribution in [2.75, 3.05) is 0 Å². The number of rotatable bonds is 2. The van der Waals surface area contributed by atoms with Crippen LogP contribution >= 0.6 is 21.8 Å². The summed E-state index contributed by atoms with van der Waals surface area (Å²) in [7, 11) is -9.59. The molecule has 0 radical (unpaired) electrons. The van der Waals surface area contributed by atoms with E-state index in [-0.39, 0.29) is 0 Å². The molecule has 0 spiro atoms. The number of hydrogen-bond acceptors (Lipinski definition) is 0. The van der Waals surface area contributed by atoms with Crippen LogP contribution in [-0.4, -0.2) is 0 Å². The topological polar surface area (TPSA) is 0 Å². The Morgan fingerprint density at radius 2 is 1.00 bits per heavy atom. The van der Waals surface area contributed by atoms with Crippen LogP contribution in [0.2, 0.25) is 5.02 Å². The predicted octanol–water partition coefficient (Wildman–Crippen LogP) is 6.66. The first kappa shape index (κ1) is 14.1. The van der Waals surface area contributed by atoms with Crippen molar-refractivity contribution in [2.24, 2.45) is 0 Å². The van der Waals surface area contributed by atoms with E-state index in [0.29, 0.717) is 28.3 Å². The summed E-state index contributed by atoms with van der Waals surface area (Å²) in [5, 5.41) is 0.479. The normalized spacial score (nSPS) is 15.7. The van der Waals surface area contributed by atoms with E-state index in [1.165, 1.54) is 0 Å². The largest absolute Gasteiger partial charge is 0.310 e. The summed E-state index contributed by atoms with van der Waals surface area (Å²) in [4.78, 5) is -1.89. The second-order valence-electron chi connectivity index (χ2n) is 4.00. The molecular formula is C12H8ClF5S. The molecule has 0 aliphatic carbocycles. The van der Waals surface area contributed by atoms with E-state index >= 15 is 0 Å². The third kappa shape index (κ3) is 3.39. The van der Waals surface area contributed by atoms with Gasteiger partial charge in [0.25, 0.3) is 0 Å². The minimum absolute atomic E-state index is 0.394. The van der Waals surface area contributed by atoms with Gasteiger partial charge in [-0.25, -0.2) is 0 Å². The van der Waals surface area contributed by atoms with Gasteiger partial charge in [-0.3, -0.25) is 0 Å². The third-order valence-corrected chi connectivity index (χ3v) is 3.89. The van der Waals surface area contributed by atoms with E-state index in [0.717, 1.165) is 12.1 Å². The molecule has 2 aromatic rings. The van der Waals surface area contributed by atoms with Crippen LogP contribution in [0.4, 0.5) is 19.4 Å². The van der Waals surface area contributed by atoms with Crippen molar-refractivity contribution in [2.45, 2.75) is 4.90 Å². The lowest BCUT2D eigenvalue weighted by molar-refractivity contribution is 0.364. The van der Waals surface area contributed by atoms with Crippen molar-refractivity contribution < 1.29 is 19.4 Å². The molecule has 0 nitrogen and oxygen atoms in total. The molecule has 0 amide bonds. The fourth-order valence-electron chi connectivity index (χ4n) is 1.55. The van der Waals surface area contributed by atoms with Gasteiger partial charge in [0.05, 0.1) is 0 Å². The van der Waals surface area contributed by atoms with Gasteiger partial charge in [-0.05, 0) is 35.4 Å². The minimum atomic E-state index is -9.59. The average molecular weight is 315 g/mol. The molecule has 0 aliphatic rings. The zero-order chi connectivity index (χ0) is 14.4. The zero-order valence-corrected chi connectivity index (χ0v) is 10.9. The summed E-state index contributed by atoms with van der Waals surface area (Å²) in [5.74, 6) is 0. The Balaban J connectivity index is 2.43. The van der Waals surface area contributed by atoms with Crippen molar-refractivity contribution in [3.8, 4) is 11.1 Å². The van der Waals surface area contributed by atoms with E-state index in [2.05, 4.69) is 0 Å². The first-order valence-electron chi connectivity index (χ1n) is 5.06. The van der Waals surface area contributed by atoms with E-state index < -0.39 is 15.1 Å². The van der Waals surface area contributed by atoms with E-state index in [1.807, 2.05) is 0 Å². The molecule has 0 aliphatic heterocycles. The lowest BCUT2D eigenvalue weighted by Gasteiger charge is -2.40. The molecule has 0 heterocycles. The molecule has 0 atom stereocenters. The smallest absolute Gasteiger partial charge is 0.0936 e. The van der Waals surface area contributed by atoms with Crippen LogP contribution in [-0.2, 0) is 0 Å². The fourth-order valence-corrected chi connectivity index (χ4v) is 2.32. The summed E-state index contributed by atoms with van der Waals surface area (Å²) >= 11 is 5.68. The summed E-state index contributed by atoms with van der Waals surface area (Å²) in [6.45, 7) is 0. The van der Waals surface area contributed by atoms with Gasteiger partial charge < -0.3 is 0 Å². The number of benzene rings is 2. The summed E-state index contributed by atoms with van der Waals surface area (Å²) < 4.78 is 62.6. The molecule has 0 aromatic heterocycles. The lowest BCUT2D eigenvalue weighted by Crippen LogP contribution is -2.05. The molecule has 2 aromatic carbocycles. The maximum Gasteiger partial charge on any atom is 0.310 e. The summed E-state index contributed by atoms with van der Waals surface area (Å²) in [6, 6.07) is 9.13. The molecule has 0 saturated heterocycles. The Labute approximate surface area is 111 Å². The van der Waals surface area contributed by atoms with E-state index in [1.54, 1.807) is 24.3 Å². The Morgan fingerprint density at radius 1 is 0.632 bits per heavy atom. The van der Waals surface area contributed by atoms with Gasteiger partial charge in [0.1, 0.15) is 4.90 Å². The van der Waals surface area contributed by atoms with Crippen LogP contribution in [0.5, 0.6) is 0 Å². The fraction of sp³-hybridized carbons (Fsp3) is 0. The standard InChI is InChI=1S/C12H8ClF5S/c13-11-5-1-9(2-6-11)10-3-7-12(8-4-10)19(14,15,16,17)18/h1-8H. The van der Waals surface area contributed by atoms with Crippen molar-refractivity contribution >= 4 is 21.8 Å². The number of halogens is 6. The zero-order valence-electron chi connectivity index (χ0n) is 9.29. The molecule has 0 unspecified atom stereocenters. The molecule has 0 bridgehead atoms. The molecule has 0 fully saturated rings. The van der Waals surface area contributed by atoms with Gasteiger partial charge in [0.2, 0.25) is 0 Å². The quantitative estimate of drug-likeness (QED) is 0.543. The van der Waals surface area contributed by atoms with Gasteiger partial charge in [-0.1, -0.05) is 55.3 Å². The predicted molar refractivity (Wildman–Crippen MR) is 68.3 cm³/mol. The van der Waals surface area contributed by atoms with E-state index in [4.69, 9.17) is 11.6 Å². The molecule has 2 rings (SSSR count). The highest BCUT2D eigenvalue weighted by molar-refractivity contribution is 8.45. The van der Waals surface area contributed by atoms with Crippen molar-refractivity contribution in [1.29, 1.82) is 0 Å². The van der Waals surface area contributed by atoms with Gasteiger partial charge in [-0.2, -0.15) is 0 Å². The van der Waals surface area contributed by atoms with Gasteiger partial charge in [-0.15, -0.1) is 0 Å². The molecule has 0 saturated carbocycles.